The van der Waals surface area contributed by atoms with Crippen LogP contribution in [-0.2, 0) is 0 Å². The first-order chi connectivity index (χ1) is 5.49. The van der Waals surface area contributed by atoms with Crippen LogP contribution < -0.4 is 0 Å². The third-order valence-corrected chi connectivity index (χ3v) is 1.79. The summed E-state index contributed by atoms with van der Waals surface area (Å²) < 4.78 is 0. The molecule has 0 atom stereocenters. The van der Waals surface area contributed by atoms with Gasteiger partial charge in [-0.2, -0.15) is 0 Å². The molecule has 1 heteroatoms. The lowest BCUT2D eigenvalue weighted by atomic mass is 10.0. The molecular weight excluding hydrogens is 146 g/mol. The number of hydrogen-bond acceptors (Lipinski definition) is 1. The molecule has 0 fully saturated rings. The fourth-order valence-electron chi connectivity index (χ4n) is 1.36. The second-order valence-corrected chi connectivity index (χ2v) is 3.36. The molecule has 1 nitrogen and oxygen atoms in total. The van der Waals surface area contributed by atoms with E-state index in [1.807, 2.05) is 6.92 Å². The largest absolute Gasteiger partial charge is 0.305 e. The van der Waals surface area contributed by atoms with Gasteiger partial charge in [0.15, 0.2) is 0 Å². The fourth-order valence-corrected chi connectivity index (χ4v) is 1.36. The molecule has 0 aliphatic rings. The maximum absolute atomic E-state index is 7.54. The predicted molar refractivity (Wildman–Crippen MR) is 55.8 cm³/mol. The lowest BCUT2D eigenvalue weighted by Crippen LogP contribution is -1.96. The highest BCUT2D eigenvalue weighted by atomic mass is 14.4. The molecule has 0 aromatic carbocycles. The average Bonchev–Trinajstić information content (AvgIpc) is 1.85. The Bertz CT molecular complexity index is 227. The van der Waals surface area contributed by atoms with Crippen LogP contribution in [0, 0.1) is 5.41 Å². The van der Waals surface area contributed by atoms with E-state index in [1.54, 1.807) is 0 Å². The van der Waals surface area contributed by atoms with Crippen LogP contribution in [0.15, 0.2) is 22.8 Å². The van der Waals surface area contributed by atoms with Crippen molar-refractivity contribution in [1.82, 2.24) is 0 Å². The molecule has 0 saturated heterocycles. The van der Waals surface area contributed by atoms with Crippen molar-refractivity contribution in [3.8, 4) is 0 Å². The monoisotopic (exact) mass is 165 g/mol. The zero-order valence-corrected chi connectivity index (χ0v) is 8.78. The van der Waals surface area contributed by atoms with Crippen molar-refractivity contribution in [2.45, 2.75) is 41.0 Å². The number of rotatable bonds is 3. The van der Waals surface area contributed by atoms with Crippen molar-refractivity contribution in [2.24, 2.45) is 0 Å². The van der Waals surface area contributed by atoms with Crippen LogP contribution in [0.1, 0.15) is 41.0 Å². The quantitative estimate of drug-likeness (QED) is 0.487. The van der Waals surface area contributed by atoms with Gasteiger partial charge in [0.25, 0.3) is 0 Å². The molecule has 0 radical (unpaired) electrons. The first kappa shape index (κ1) is 11.2. The third kappa shape index (κ3) is 3.51. The molecule has 0 aromatic heterocycles. The molecule has 0 heterocycles. The summed E-state index contributed by atoms with van der Waals surface area (Å²) in [5.41, 5.74) is 4.37. The summed E-state index contributed by atoms with van der Waals surface area (Å²) >= 11 is 0. The Morgan fingerprint density at radius 1 is 1.17 bits per heavy atom. The second-order valence-electron chi connectivity index (χ2n) is 3.36. The summed E-state index contributed by atoms with van der Waals surface area (Å²) in [7, 11) is 0. The summed E-state index contributed by atoms with van der Waals surface area (Å²) in [4.78, 5) is 0. The van der Waals surface area contributed by atoms with Crippen LogP contribution in [0.25, 0.3) is 0 Å². The van der Waals surface area contributed by atoms with Crippen molar-refractivity contribution < 1.29 is 0 Å². The Morgan fingerprint density at radius 2 is 1.67 bits per heavy atom. The molecule has 0 aliphatic heterocycles. The molecule has 0 aliphatic carbocycles. The van der Waals surface area contributed by atoms with Crippen LogP contribution in [0.3, 0.4) is 0 Å². The van der Waals surface area contributed by atoms with Gasteiger partial charge >= 0.3 is 0 Å². The van der Waals surface area contributed by atoms with Gasteiger partial charge in [-0.25, -0.2) is 0 Å². The minimum atomic E-state index is 0.688. The van der Waals surface area contributed by atoms with Gasteiger partial charge in [0, 0.05) is 5.71 Å². The molecule has 0 amide bonds. The van der Waals surface area contributed by atoms with E-state index < -0.39 is 0 Å². The van der Waals surface area contributed by atoms with Crippen molar-refractivity contribution in [2.75, 3.05) is 0 Å². The van der Waals surface area contributed by atoms with E-state index in [9.17, 15) is 0 Å². The topological polar surface area (TPSA) is 23.9 Å². The third-order valence-electron chi connectivity index (χ3n) is 1.79. The van der Waals surface area contributed by atoms with E-state index in [0.29, 0.717) is 5.71 Å². The lowest BCUT2D eigenvalue weighted by molar-refractivity contribution is 1.12. The van der Waals surface area contributed by atoms with Gasteiger partial charge in [-0.15, -0.1) is 0 Å². The minimum Gasteiger partial charge on any atom is -0.305 e. The maximum Gasteiger partial charge on any atom is 0.0317 e. The predicted octanol–water partition coefficient (Wildman–Crippen LogP) is 3.72. The highest BCUT2D eigenvalue weighted by Gasteiger charge is 1.99. The van der Waals surface area contributed by atoms with Gasteiger partial charge in [0.2, 0.25) is 0 Å². The highest BCUT2D eigenvalue weighted by molar-refractivity contribution is 5.96. The van der Waals surface area contributed by atoms with Gasteiger partial charge in [-0.05, 0) is 45.3 Å². The first-order valence-electron chi connectivity index (χ1n) is 4.39. The molecule has 0 spiro atoms. The van der Waals surface area contributed by atoms with E-state index in [0.717, 1.165) is 12.0 Å². The Hall–Kier alpha value is -0.850. The van der Waals surface area contributed by atoms with Gasteiger partial charge in [-0.1, -0.05) is 18.6 Å². The lowest BCUT2D eigenvalue weighted by Gasteiger charge is -2.05. The molecule has 12 heavy (non-hydrogen) atoms. The summed E-state index contributed by atoms with van der Waals surface area (Å²) in [5, 5.41) is 7.54. The van der Waals surface area contributed by atoms with Crippen molar-refractivity contribution in [3.63, 3.8) is 0 Å². The zero-order chi connectivity index (χ0) is 9.72. The van der Waals surface area contributed by atoms with Crippen LogP contribution >= 0.6 is 0 Å². The standard InChI is InChI=1S/C11H19N/c1-6-11(10(5)12)9(4)7-8(2)3/h7,12H,6H2,1-5H3/b11-9-,12-10?. The van der Waals surface area contributed by atoms with Crippen LogP contribution in [-0.4, -0.2) is 5.71 Å². The molecule has 1 N–H and O–H groups in total. The number of nitrogens with one attached hydrogen (secondary N) is 1. The molecule has 0 bridgehead atoms. The van der Waals surface area contributed by atoms with E-state index >= 15 is 0 Å². The van der Waals surface area contributed by atoms with Crippen LogP contribution in [0.2, 0.25) is 0 Å². The maximum atomic E-state index is 7.54. The summed E-state index contributed by atoms with van der Waals surface area (Å²) in [5.74, 6) is 0. The Morgan fingerprint density at radius 3 is 1.92 bits per heavy atom. The molecular formula is C11H19N. The summed E-state index contributed by atoms with van der Waals surface area (Å²) in [6, 6.07) is 0. The second kappa shape index (κ2) is 4.91. The van der Waals surface area contributed by atoms with Gasteiger partial charge in [-0.3, -0.25) is 0 Å². The molecule has 0 aromatic rings. The average molecular weight is 165 g/mol. The van der Waals surface area contributed by atoms with Crippen LogP contribution in [0.5, 0.6) is 0 Å². The van der Waals surface area contributed by atoms with Gasteiger partial charge in [0.1, 0.15) is 0 Å². The van der Waals surface area contributed by atoms with Crippen molar-refractivity contribution >= 4 is 5.71 Å². The SMILES string of the molecule is CC/C(C(C)=N)=C(\C)C=C(C)C. The van der Waals surface area contributed by atoms with Gasteiger partial charge < -0.3 is 5.41 Å². The zero-order valence-electron chi connectivity index (χ0n) is 8.78. The Balaban J connectivity index is 4.85. The Labute approximate surface area is 75.7 Å². The minimum absolute atomic E-state index is 0.688. The van der Waals surface area contributed by atoms with E-state index in [-0.39, 0.29) is 0 Å². The Kier molecular flexibility index (Phi) is 4.57. The molecule has 0 rings (SSSR count). The first-order valence-corrected chi connectivity index (χ1v) is 4.39. The smallest absolute Gasteiger partial charge is 0.0317 e. The number of hydrogen-bond donors (Lipinski definition) is 1. The van der Waals surface area contributed by atoms with Crippen molar-refractivity contribution in [3.05, 3.63) is 22.8 Å². The normalized spacial score (nSPS) is 12.1. The molecule has 0 unspecified atom stereocenters. The van der Waals surface area contributed by atoms with Crippen molar-refractivity contribution in [1.29, 1.82) is 5.41 Å². The fraction of sp³-hybridized carbons (Fsp3) is 0.545. The molecule has 0 saturated carbocycles. The van der Waals surface area contributed by atoms with Crippen LogP contribution in [0.4, 0.5) is 0 Å². The van der Waals surface area contributed by atoms with E-state index in [2.05, 4.69) is 33.8 Å². The van der Waals surface area contributed by atoms with Gasteiger partial charge in [0.05, 0.1) is 0 Å². The summed E-state index contributed by atoms with van der Waals surface area (Å²) in [6.07, 6.45) is 3.09. The number of allylic oxidation sites excluding steroid dienone is 4. The van der Waals surface area contributed by atoms with E-state index in [1.165, 1.54) is 11.1 Å². The highest BCUT2D eigenvalue weighted by Crippen LogP contribution is 2.12. The summed E-state index contributed by atoms with van der Waals surface area (Å²) in [6.45, 7) is 10.2. The van der Waals surface area contributed by atoms with E-state index in [4.69, 9.17) is 5.41 Å². The molecule has 68 valence electrons.